The maximum absolute atomic E-state index is 13.2. The molecule has 1 aromatic heterocycles. The number of primary amides is 1. The Bertz CT molecular complexity index is 1290. The molecule has 0 unspecified atom stereocenters. The smallest absolute Gasteiger partial charge is 0.272 e. The van der Waals surface area contributed by atoms with E-state index in [2.05, 4.69) is 27.4 Å². The highest BCUT2D eigenvalue weighted by molar-refractivity contribution is 6.34. The van der Waals surface area contributed by atoms with Crippen molar-refractivity contribution in [1.29, 1.82) is 0 Å². The second-order valence-corrected chi connectivity index (χ2v) is 8.84. The molecule has 1 saturated heterocycles. The number of carbonyl (C=O) groups is 3. The maximum Gasteiger partial charge on any atom is 0.272 e. The first kappa shape index (κ1) is 25.3. The molecule has 3 aromatic rings. The van der Waals surface area contributed by atoms with Crippen LogP contribution in [0.1, 0.15) is 51.1 Å². The number of carbonyl (C=O) groups excluding carboxylic acids is 3. The van der Waals surface area contributed by atoms with Crippen LogP contribution in [0.15, 0.2) is 48.8 Å². The summed E-state index contributed by atoms with van der Waals surface area (Å²) in [7, 11) is 0. The lowest BCUT2D eigenvalue weighted by molar-refractivity contribution is 0.0920. The van der Waals surface area contributed by atoms with E-state index in [0.29, 0.717) is 17.9 Å². The fourth-order valence-corrected chi connectivity index (χ4v) is 4.61. The Labute approximate surface area is 212 Å². The summed E-state index contributed by atoms with van der Waals surface area (Å²) in [5.41, 5.74) is 6.59. The molecular formula is C25H26ClFN6O3. The van der Waals surface area contributed by atoms with Crippen molar-refractivity contribution in [3.8, 4) is 5.69 Å². The van der Waals surface area contributed by atoms with Gasteiger partial charge in [-0.3, -0.25) is 23.9 Å². The second-order valence-electron chi connectivity index (χ2n) is 8.44. The number of rotatable bonds is 8. The van der Waals surface area contributed by atoms with Crippen molar-refractivity contribution < 1.29 is 18.8 Å². The molecule has 4 rings (SSSR count). The molecule has 0 saturated carbocycles. The molecule has 9 nitrogen and oxygen atoms in total. The van der Waals surface area contributed by atoms with Gasteiger partial charge in [0.25, 0.3) is 17.7 Å². The van der Waals surface area contributed by atoms with Crippen LogP contribution in [-0.2, 0) is 0 Å². The fourth-order valence-electron chi connectivity index (χ4n) is 4.36. The van der Waals surface area contributed by atoms with Crippen LogP contribution < -0.4 is 16.4 Å². The first-order valence-corrected chi connectivity index (χ1v) is 11.9. The van der Waals surface area contributed by atoms with Gasteiger partial charge in [0.2, 0.25) is 0 Å². The zero-order valence-electron chi connectivity index (χ0n) is 19.6. The number of nitrogens with one attached hydrogen (secondary N) is 2. The van der Waals surface area contributed by atoms with E-state index in [1.165, 1.54) is 17.0 Å². The van der Waals surface area contributed by atoms with E-state index in [1.54, 1.807) is 24.3 Å². The number of imidazole rings is 1. The molecule has 1 aliphatic heterocycles. The average Bonchev–Trinajstić information content (AvgIpc) is 3.50. The zero-order chi connectivity index (χ0) is 25.8. The van der Waals surface area contributed by atoms with E-state index >= 15 is 0 Å². The van der Waals surface area contributed by atoms with Crippen LogP contribution in [0.5, 0.6) is 0 Å². The summed E-state index contributed by atoms with van der Waals surface area (Å²) in [5.74, 6) is -2.31. The monoisotopic (exact) mass is 512 g/mol. The van der Waals surface area contributed by atoms with Crippen LogP contribution in [0.4, 0.5) is 10.1 Å². The molecule has 36 heavy (non-hydrogen) atoms. The molecule has 1 fully saturated rings. The summed E-state index contributed by atoms with van der Waals surface area (Å²) in [6.45, 7) is 4.46. The third-order valence-corrected chi connectivity index (χ3v) is 6.51. The molecule has 1 aliphatic rings. The predicted octanol–water partition coefficient (Wildman–Crippen LogP) is 3.23. The van der Waals surface area contributed by atoms with Crippen LogP contribution in [0.3, 0.4) is 0 Å². The lowest BCUT2D eigenvalue weighted by atomic mass is 10.2. The van der Waals surface area contributed by atoms with Crippen LogP contribution >= 0.6 is 11.6 Å². The van der Waals surface area contributed by atoms with Crippen LogP contribution in [0.2, 0.25) is 5.02 Å². The zero-order valence-corrected chi connectivity index (χ0v) is 20.4. The summed E-state index contributed by atoms with van der Waals surface area (Å²) in [6.07, 6.45) is 3.44. The molecule has 11 heteroatoms. The van der Waals surface area contributed by atoms with E-state index < -0.39 is 23.5 Å². The molecule has 4 N–H and O–H groups in total. The number of benzene rings is 2. The van der Waals surface area contributed by atoms with Gasteiger partial charge in [0.1, 0.15) is 17.8 Å². The number of hydrogen-bond donors (Lipinski definition) is 3. The topological polar surface area (TPSA) is 122 Å². The highest BCUT2D eigenvalue weighted by Crippen LogP contribution is 2.21. The Balaban J connectivity index is 1.48. The first-order chi connectivity index (χ1) is 17.3. The van der Waals surface area contributed by atoms with Gasteiger partial charge in [0.15, 0.2) is 5.69 Å². The van der Waals surface area contributed by atoms with Crippen molar-refractivity contribution in [2.75, 3.05) is 25.0 Å². The lowest BCUT2D eigenvalue weighted by Crippen LogP contribution is -2.40. The number of likely N-dealkylation sites (tertiary alicyclic amines) is 1. The number of nitrogens with two attached hydrogens (primary N) is 1. The minimum atomic E-state index is -0.794. The van der Waals surface area contributed by atoms with Crippen molar-refractivity contribution in [2.24, 2.45) is 5.73 Å². The van der Waals surface area contributed by atoms with Crippen molar-refractivity contribution in [3.05, 3.63) is 76.6 Å². The number of aromatic nitrogens is 2. The van der Waals surface area contributed by atoms with Crippen molar-refractivity contribution in [1.82, 2.24) is 19.8 Å². The summed E-state index contributed by atoms with van der Waals surface area (Å²) in [5, 5.41) is 5.55. The van der Waals surface area contributed by atoms with E-state index in [1.807, 2.05) is 0 Å². The lowest BCUT2D eigenvalue weighted by Gasteiger charge is -2.22. The highest BCUT2D eigenvalue weighted by atomic mass is 35.5. The van der Waals surface area contributed by atoms with E-state index in [0.717, 1.165) is 38.1 Å². The summed E-state index contributed by atoms with van der Waals surface area (Å²) in [6, 6.07) is 10.2. The number of amides is 3. The van der Waals surface area contributed by atoms with Crippen LogP contribution in [0.25, 0.3) is 5.69 Å². The van der Waals surface area contributed by atoms with E-state index in [-0.39, 0.29) is 28.0 Å². The standard InChI is InChI=1S/C25H26ClFN6O3/c1-2-32-11-3-4-18(32)13-29-25(36)21-22(23(28)34)33(14-30-21)17-8-6-16(7-9-17)31-24(35)19-10-5-15(27)12-20(19)26/h5-10,12,14,18H,2-4,11,13H2,1H3,(H2,28,34)(H,29,36)(H,31,35)/t18-/m1/s1. The Morgan fingerprint density at radius 3 is 2.58 bits per heavy atom. The molecule has 0 aliphatic carbocycles. The van der Waals surface area contributed by atoms with Crippen molar-refractivity contribution >= 4 is 35.0 Å². The Morgan fingerprint density at radius 1 is 1.17 bits per heavy atom. The van der Waals surface area contributed by atoms with Gasteiger partial charge >= 0.3 is 0 Å². The Hall–Kier alpha value is -3.76. The number of anilines is 1. The van der Waals surface area contributed by atoms with Crippen LogP contribution in [-0.4, -0.2) is 57.8 Å². The second kappa shape index (κ2) is 10.9. The van der Waals surface area contributed by atoms with Gasteiger partial charge in [-0.1, -0.05) is 18.5 Å². The van der Waals surface area contributed by atoms with E-state index in [9.17, 15) is 18.8 Å². The van der Waals surface area contributed by atoms with Crippen molar-refractivity contribution in [3.63, 3.8) is 0 Å². The highest BCUT2D eigenvalue weighted by Gasteiger charge is 2.26. The fraction of sp³-hybridized carbons (Fsp3) is 0.280. The van der Waals surface area contributed by atoms with Gasteiger partial charge in [0, 0.05) is 24.0 Å². The molecular weight excluding hydrogens is 487 g/mol. The number of likely N-dealkylation sites (N-methyl/N-ethyl adjacent to an activating group) is 1. The molecule has 0 radical (unpaired) electrons. The first-order valence-electron chi connectivity index (χ1n) is 11.5. The Kier molecular flexibility index (Phi) is 7.66. The Morgan fingerprint density at radius 2 is 1.92 bits per heavy atom. The van der Waals surface area contributed by atoms with Gasteiger partial charge in [-0.25, -0.2) is 9.37 Å². The van der Waals surface area contributed by atoms with E-state index in [4.69, 9.17) is 17.3 Å². The number of nitrogens with zero attached hydrogens (tertiary/aromatic N) is 3. The molecule has 0 spiro atoms. The molecule has 2 aromatic carbocycles. The molecule has 1 atom stereocenters. The van der Waals surface area contributed by atoms with Crippen molar-refractivity contribution in [2.45, 2.75) is 25.8 Å². The normalized spacial score (nSPS) is 15.6. The largest absolute Gasteiger partial charge is 0.364 e. The molecule has 0 bridgehead atoms. The quantitative estimate of drug-likeness (QED) is 0.427. The van der Waals surface area contributed by atoms with Gasteiger partial charge in [-0.05, 0) is 68.4 Å². The molecule has 3 amide bonds. The third-order valence-electron chi connectivity index (χ3n) is 6.20. The third kappa shape index (κ3) is 5.39. The molecule has 2 heterocycles. The minimum absolute atomic E-state index is 0.00484. The predicted molar refractivity (Wildman–Crippen MR) is 134 cm³/mol. The van der Waals surface area contributed by atoms with Gasteiger partial charge in [-0.15, -0.1) is 0 Å². The average molecular weight is 513 g/mol. The summed E-state index contributed by atoms with van der Waals surface area (Å²) < 4.78 is 14.7. The molecule has 188 valence electrons. The number of hydrogen-bond acceptors (Lipinski definition) is 5. The number of halogens is 2. The maximum atomic E-state index is 13.2. The van der Waals surface area contributed by atoms with Crippen LogP contribution in [0, 0.1) is 5.82 Å². The van der Waals surface area contributed by atoms with Gasteiger partial charge in [-0.2, -0.15) is 0 Å². The minimum Gasteiger partial charge on any atom is -0.364 e. The SMILES string of the molecule is CCN1CCC[C@@H]1CNC(=O)c1ncn(-c2ccc(NC(=O)c3ccc(F)cc3Cl)cc2)c1C(N)=O. The summed E-state index contributed by atoms with van der Waals surface area (Å²) in [4.78, 5) is 44.0. The van der Waals surface area contributed by atoms with Gasteiger partial charge < -0.3 is 16.4 Å². The van der Waals surface area contributed by atoms with Gasteiger partial charge in [0.05, 0.1) is 10.6 Å². The summed E-state index contributed by atoms with van der Waals surface area (Å²) >= 11 is 5.95.